The molecule has 0 radical (unpaired) electrons. The van der Waals surface area contributed by atoms with Crippen molar-refractivity contribution in [1.82, 2.24) is 5.32 Å². The number of halogens is 4. The number of nitrogens with zero attached hydrogens (tertiary/aromatic N) is 1. The zero-order valence-corrected chi connectivity index (χ0v) is 18.6. The first-order valence-corrected chi connectivity index (χ1v) is 11.4. The number of carbonyl (C=O) groups is 1. The number of nitrogens with one attached hydrogen (secondary N) is 1. The Morgan fingerprint density at radius 3 is 2.42 bits per heavy atom. The summed E-state index contributed by atoms with van der Waals surface area (Å²) in [4.78, 5) is 12.8. The van der Waals surface area contributed by atoms with Gasteiger partial charge in [0.1, 0.15) is 11.8 Å². The van der Waals surface area contributed by atoms with E-state index >= 15 is 0 Å². The molecule has 0 heterocycles. The Hall–Kier alpha value is -2.46. The van der Waals surface area contributed by atoms with Crippen molar-refractivity contribution >= 4 is 33.2 Å². The summed E-state index contributed by atoms with van der Waals surface area (Å²) in [5.41, 5.74) is -0.442. The van der Waals surface area contributed by atoms with Crippen LogP contribution in [0.3, 0.4) is 0 Å². The van der Waals surface area contributed by atoms with E-state index in [1.165, 1.54) is 37.4 Å². The van der Waals surface area contributed by atoms with Crippen molar-refractivity contribution in [2.75, 3.05) is 17.7 Å². The molecule has 1 N–H and O–H groups in total. The van der Waals surface area contributed by atoms with Gasteiger partial charge in [-0.25, -0.2) is 8.42 Å². The van der Waals surface area contributed by atoms with E-state index in [0.29, 0.717) is 5.75 Å². The van der Waals surface area contributed by atoms with E-state index < -0.39 is 33.7 Å². The molecule has 1 atom stereocenters. The van der Waals surface area contributed by atoms with Gasteiger partial charge in [-0.2, -0.15) is 13.2 Å². The molecule has 0 aliphatic heterocycles. The minimum atomic E-state index is -4.51. The average Bonchev–Trinajstić information content (AvgIpc) is 2.68. The van der Waals surface area contributed by atoms with E-state index in [1.54, 1.807) is 6.92 Å². The Morgan fingerprint density at radius 1 is 1.23 bits per heavy atom. The molecule has 0 aromatic heterocycles. The monoisotopic (exact) mass is 478 g/mol. The molecule has 1 unspecified atom stereocenters. The predicted octanol–water partition coefficient (Wildman–Crippen LogP) is 4.23. The number of hydrogen-bond acceptors (Lipinski definition) is 4. The second-order valence-corrected chi connectivity index (χ2v) is 8.98. The smallest absolute Gasteiger partial charge is 0.416 e. The molecule has 2 aromatic rings. The molecule has 2 rings (SSSR count). The fourth-order valence-corrected chi connectivity index (χ4v) is 4.47. The van der Waals surface area contributed by atoms with Crippen molar-refractivity contribution in [3.63, 3.8) is 0 Å². The highest BCUT2D eigenvalue weighted by molar-refractivity contribution is 7.92. The molecule has 0 spiro atoms. The van der Waals surface area contributed by atoms with Crippen LogP contribution in [0.5, 0.6) is 5.75 Å². The van der Waals surface area contributed by atoms with Crippen molar-refractivity contribution in [2.24, 2.45) is 0 Å². The third-order valence-electron chi connectivity index (χ3n) is 4.44. The minimum Gasteiger partial charge on any atom is -0.495 e. The van der Waals surface area contributed by atoms with Gasteiger partial charge >= 0.3 is 6.18 Å². The van der Waals surface area contributed by atoms with Gasteiger partial charge in [0.2, 0.25) is 15.9 Å². The maximum atomic E-state index is 12.9. The number of benzene rings is 2. The van der Waals surface area contributed by atoms with Crippen molar-refractivity contribution in [2.45, 2.75) is 32.1 Å². The molecular weight excluding hydrogens is 457 g/mol. The molecule has 31 heavy (non-hydrogen) atoms. The van der Waals surface area contributed by atoms with Gasteiger partial charge in [-0.3, -0.25) is 9.10 Å². The topological polar surface area (TPSA) is 75.7 Å². The molecule has 1 amide bonds. The van der Waals surface area contributed by atoms with Crippen LogP contribution in [0.1, 0.15) is 24.5 Å². The van der Waals surface area contributed by atoms with E-state index in [-0.39, 0.29) is 29.2 Å². The van der Waals surface area contributed by atoms with Crippen LogP contribution >= 0.6 is 11.6 Å². The summed E-state index contributed by atoms with van der Waals surface area (Å²) in [6.07, 6.45) is -3.44. The molecule has 6 nitrogen and oxygen atoms in total. The summed E-state index contributed by atoms with van der Waals surface area (Å²) >= 11 is 6.11. The van der Waals surface area contributed by atoms with Crippen molar-refractivity contribution < 1.29 is 31.1 Å². The highest BCUT2D eigenvalue weighted by Gasteiger charge is 2.32. The van der Waals surface area contributed by atoms with Crippen molar-refractivity contribution in [1.29, 1.82) is 0 Å². The lowest BCUT2D eigenvalue weighted by Crippen LogP contribution is -2.49. The SMILES string of the molecule is CCC(C(=O)NCc1cccc(C(F)(F)F)c1)N(c1ccc(OC)c(Cl)c1)S(C)(=O)=O. The van der Waals surface area contributed by atoms with Crippen LogP contribution in [-0.4, -0.2) is 33.7 Å². The van der Waals surface area contributed by atoms with Crippen LogP contribution in [0, 0.1) is 0 Å². The molecule has 11 heteroatoms. The molecule has 2 aromatic carbocycles. The lowest BCUT2D eigenvalue weighted by Gasteiger charge is -2.30. The number of hydrogen-bond donors (Lipinski definition) is 1. The van der Waals surface area contributed by atoms with Crippen molar-refractivity contribution in [3.8, 4) is 5.75 Å². The van der Waals surface area contributed by atoms with Gasteiger partial charge in [-0.05, 0) is 42.3 Å². The standard InChI is InChI=1S/C20H22ClF3N2O4S/c1-4-17(19(27)25-12-13-6-5-7-14(10-13)20(22,23)24)26(31(3,28)29)15-8-9-18(30-2)16(21)11-15/h5-11,17H,4,12H2,1-3H3,(H,25,27). The molecule has 0 saturated heterocycles. The number of anilines is 1. The van der Waals surface area contributed by atoms with Crippen LogP contribution in [0.15, 0.2) is 42.5 Å². The van der Waals surface area contributed by atoms with Gasteiger partial charge in [0.15, 0.2) is 0 Å². The number of alkyl halides is 3. The Morgan fingerprint density at radius 2 is 1.90 bits per heavy atom. The van der Waals surface area contributed by atoms with Gasteiger partial charge in [-0.1, -0.05) is 30.7 Å². The number of amides is 1. The summed E-state index contributed by atoms with van der Waals surface area (Å²) in [6, 6.07) is 7.70. The van der Waals surface area contributed by atoms with E-state index in [4.69, 9.17) is 16.3 Å². The highest BCUT2D eigenvalue weighted by atomic mass is 35.5. The van der Waals surface area contributed by atoms with E-state index in [9.17, 15) is 26.4 Å². The van der Waals surface area contributed by atoms with Crippen LogP contribution in [0.2, 0.25) is 5.02 Å². The maximum Gasteiger partial charge on any atom is 0.416 e. The third-order valence-corrected chi connectivity index (χ3v) is 5.92. The second-order valence-electron chi connectivity index (χ2n) is 6.72. The Balaban J connectivity index is 2.28. The normalized spacial score (nSPS) is 12.9. The van der Waals surface area contributed by atoms with E-state index in [0.717, 1.165) is 22.7 Å². The first kappa shape index (κ1) is 24.8. The van der Waals surface area contributed by atoms with Crippen LogP contribution < -0.4 is 14.4 Å². The Kier molecular flexibility index (Phi) is 7.82. The van der Waals surface area contributed by atoms with Crippen LogP contribution in [0.4, 0.5) is 18.9 Å². The first-order chi connectivity index (χ1) is 14.4. The number of carbonyl (C=O) groups excluding carboxylic acids is 1. The molecule has 0 aliphatic carbocycles. The molecule has 0 aliphatic rings. The first-order valence-electron chi connectivity index (χ1n) is 9.15. The Labute approximate surface area is 184 Å². The number of ether oxygens (including phenoxy) is 1. The average molecular weight is 479 g/mol. The highest BCUT2D eigenvalue weighted by Crippen LogP contribution is 2.32. The summed E-state index contributed by atoms with van der Waals surface area (Å²) in [7, 11) is -2.49. The maximum absolute atomic E-state index is 12.9. The van der Waals surface area contributed by atoms with E-state index in [2.05, 4.69) is 5.32 Å². The molecular formula is C20H22ClF3N2O4S. The molecule has 170 valence electrons. The third kappa shape index (κ3) is 6.27. The summed E-state index contributed by atoms with van der Waals surface area (Å²) in [5.74, 6) is -0.321. The van der Waals surface area contributed by atoms with Crippen LogP contribution in [-0.2, 0) is 27.5 Å². The van der Waals surface area contributed by atoms with Gasteiger partial charge in [0, 0.05) is 6.54 Å². The zero-order chi connectivity index (χ0) is 23.4. The van der Waals surface area contributed by atoms with Gasteiger partial charge in [-0.15, -0.1) is 0 Å². The fraction of sp³-hybridized carbons (Fsp3) is 0.350. The summed E-state index contributed by atoms with van der Waals surface area (Å²) < 4.78 is 69.6. The lowest BCUT2D eigenvalue weighted by atomic mass is 10.1. The second kappa shape index (κ2) is 9.78. The predicted molar refractivity (Wildman–Crippen MR) is 113 cm³/mol. The fourth-order valence-electron chi connectivity index (χ4n) is 3.02. The van der Waals surface area contributed by atoms with Gasteiger partial charge in [0.05, 0.1) is 29.6 Å². The van der Waals surface area contributed by atoms with E-state index in [1.807, 2.05) is 0 Å². The Bertz CT molecular complexity index is 1040. The molecule has 0 fully saturated rings. The summed E-state index contributed by atoms with van der Waals surface area (Å²) in [6.45, 7) is 1.43. The molecule has 0 bridgehead atoms. The minimum absolute atomic E-state index is 0.116. The number of rotatable bonds is 8. The quantitative estimate of drug-likeness (QED) is 0.616. The van der Waals surface area contributed by atoms with Crippen molar-refractivity contribution in [3.05, 3.63) is 58.6 Å². The number of methoxy groups -OCH3 is 1. The molecule has 0 saturated carbocycles. The number of sulfonamides is 1. The lowest BCUT2D eigenvalue weighted by molar-refractivity contribution is -0.137. The van der Waals surface area contributed by atoms with Crippen LogP contribution in [0.25, 0.3) is 0 Å². The summed E-state index contributed by atoms with van der Waals surface area (Å²) in [5, 5.41) is 2.68. The zero-order valence-electron chi connectivity index (χ0n) is 17.0. The van der Waals surface area contributed by atoms with Gasteiger partial charge < -0.3 is 10.1 Å². The largest absolute Gasteiger partial charge is 0.495 e. The van der Waals surface area contributed by atoms with Gasteiger partial charge in [0.25, 0.3) is 0 Å².